The Morgan fingerprint density at radius 3 is 2.65 bits per heavy atom. The summed E-state index contributed by atoms with van der Waals surface area (Å²) in [5.74, 6) is -1.02. The van der Waals surface area contributed by atoms with E-state index in [9.17, 15) is 14.7 Å². The lowest BCUT2D eigenvalue weighted by atomic mass is 10.0. The zero-order chi connectivity index (χ0) is 15.1. The number of aromatic hydroxyl groups is 1. The molecule has 3 N–H and O–H groups in total. The largest absolute Gasteiger partial charge is 0.507 e. The van der Waals surface area contributed by atoms with Crippen molar-refractivity contribution in [1.29, 1.82) is 0 Å². The third kappa shape index (κ3) is 4.40. The summed E-state index contributed by atoms with van der Waals surface area (Å²) in [6.45, 7) is 0. The summed E-state index contributed by atoms with van der Waals surface area (Å²) >= 11 is 0. The second-order valence-corrected chi connectivity index (χ2v) is 4.08. The number of benzene rings is 1. The lowest BCUT2D eigenvalue weighted by Crippen LogP contribution is -2.33. The Hall–Kier alpha value is -2.34. The van der Waals surface area contributed by atoms with E-state index < -0.39 is 18.0 Å². The second-order valence-electron chi connectivity index (χ2n) is 4.08. The Morgan fingerprint density at radius 1 is 1.35 bits per heavy atom. The number of hydrogen-bond acceptors (Lipinski definition) is 6. The van der Waals surface area contributed by atoms with Crippen molar-refractivity contribution in [1.82, 2.24) is 0 Å². The highest BCUT2D eigenvalue weighted by atomic mass is 16.5. The molecule has 0 fully saturated rings. The molecule has 6 heteroatoms. The monoisotopic (exact) mass is 279 g/mol. The number of phenols is 1. The highest BCUT2D eigenvalue weighted by molar-refractivity contribution is 5.87. The maximum Gasteiger partial charge on any atom is 0.330 e. The van der Waals surface area contributed by atoms with Crippen LogP contribution in [0.1, 0.15) is 11.1 Å². The fourth-order valence-corrected chi connectivity index (χ4v) is 1.58. The minimum atomic E-state index is -0.776. The third-order valence-corrected chi connectivity index (χ3v) is 2.65. The third-order valence-electron chi connectivity index (χ3n) is 2.65. The number of esters is 2. The van der Waals surface area contributed by atoms with E-state index >= 15 is 0 Å². The minimum Gasteiger partial charge on any atom is -0.507 e. The molecule has 0 aliphatic heterocycles. The molecule has 1 aromatic carbocycles. The van der Waals surface area contributed by atoms with Gasteiger partial charge < -0.3 is 20.3 Å². The number of nitrogens with two attached hydrogens (primary N) is 1. The van der Waals surface area contributed by atoms with E-state index in [2.05, 4.69) is 9.47 Å². The van der Waals surface area contributed by atoms with Crippen LogP contribution in [0.25, 0.3) is 6.08 Å². The molecular formula is C14H17NO5. The van der Waals surface area contributed by atoms with Crippen LogP contribution in [0.5, 0.6) is 5.75 Å². The summed E-state index contributed by atoms with van der Waals surface area (Å²) in [7, 11) is 2.53. The molecule has 0 saturated heterocycles. The minimum absolute atomic E-state index is 0.0144. The topological polar surface area (TPSA) is 98.9 Å². The highest BCUT2D eigenvalue weighted by Crippen LogP contribution is 2.20. The smallest absolute Gasteiger partial charge is 0.330 e. The Labute approximate surface area is 116 Å². The van der Waals surface area contributed by atoms with Gasteiger partial charge in [0, 0.05) is 11.6 Å². The Bertz CT molecular complexity index is 524. The van der Waals surface area contributed by atoms with Crippen LogP contribution in [0.3, 0.4) is 0 Å². The van der Waals surface area contributed by atoms with Gasteiger partial charge in [-0.3, -0.25) is 4.79 Å². The number of ether oxygens (including phenoxy) is 2. The van der Waals surface area contributed by atoms with Crippen LogP contribution in [-0.2, 0) is 25.5 Å². The molecule has 0 unspecified atom stereocenters. The molecule has 0 bridgehead atoms. The van der Waals surface area contributed by atoms with Crippen LogP contribution in [0.4, 0.5) is 0 Å². The van der Waals surface area contributed by atoms with Gasteiger partial charge >= 0.3 is 11.9 Å². The van der Waals surface area contributed by atoms with Crippen LogP contribution < -0.4 is 5.73 Å². The standard InChI is InChI=1S/C14H17NO5/c1-19-13(17)6-4-10-7-9(3-5-12(10)16)8-11(15)14(18)20-2/h3-7,11,16H,8,15H2,1-2H3/b6-4+/t11-/m0/s1. The molecule has 0 spiro atoms. The van der Waals surface area contributed by atoms with E-state index in [0.717, 1.165) is 5.56 Å². The molecule has 1 aromatic rings. The van der Waals surface area contributed by atoms with E-state index in [0.29, 0.717) is 5.56 Å². The summed E-state index contributed by atoms with van der Waals surface area (Å²) < 4.78 is 9.01. The highest BCUT2D eigenvalue weighted by Gasteiger charge is 2.14. The van der Waals surface area contributed by atoms with Crippen molar-refractivity contribution in [2.24, 2.45) is 5.73 Å². The maximum absolute atomic E-state index is 11.3. The predicted octanol–water partition coefficient (Wildman–Crippen LogP) is 0.621. The average molecular weight is 279 g/mol. The van der Waals surface area contributed by atoms with Gasteiger partial charge in [0.05, 0.1) is 14.2 Å². The number of rotatable bonds is 5. The molecule has 1 rings (SSSR count). The molecule has 0 amide bonds. The Balaban J connectivity index is 2.88. The van der Waals surface area contributed by atoms with Crippen molar-refractivity contribution in [3.63, 3.8) is 0 Å². The van der Waals surface area contributed by atoms with Crippen molar-refractivity contribution < 1.29 is 24.2 Å². The zero-order valence-corrected chi connectivity index (χ0v) is 11.3. The normalized spacial score (nSPS) is 12.2. The van der Waals surface area contributed by atoms with Crippen molar-refractivity contribution in [2.75, 3.05) is 14.2 Å². The molecule has 1 atom stereocenters. The number of carbonyl (C=O) groups excluding carboxylic acids is 2. The first-order valence-corrected chi connectivity index (χ1v) is 5.89. The molecule has 108 valence electrons. The molecule has 0 saturated carbocycles. The molecule has 0 aromatic heterocycles. The van der Waals surface area contributed by atoms with E-state index in [-0.39, 0.29) is 12.2 Å². The number of hydrogen-bond donors (Lipinski definition) is 2. The van der Waals surface area contributed by atoms with Crippen molar-refractivity contribution in [2.45, 2.75) is 12.5 Å². The van der Waals surface area contributed by atoms with Gasteiger partial charge in [0.2, 0.25) is 0 Å². The Morgan fingerprint density at radius 2 is 2.05 bits per heavy atom. The van der Waals surface area contributed by atoms with Crippen LogP contribution in [0.2, 0.25) is 0 Å². The fraction of sp³-hybridized carbons (Fsp3) is 0.286. The molecule has 0 aliphatic carbocycles. The molecule has 0 heterocycles. The quantitative estimate of drug-likeness (QED) is 0.605. The van der Waals surface area contributed by atoms with Gasteiger partial charge in [-0.1, -0.05) is 6.07 Å². The van der Waals surface area contributed by atoms with Gasteiger partial charge in [0.25, 0.3) is 0 Å². The van der Waals surface area contributed by atoms with Gasteiger partial charge in [-0.25, -0.2) is 4.79 Å². The SMILES string of the molecule is COC(=O)/C=C/c1cc(C[C@H](N)C(=O)OC)ccc1O. The maximum atomic E-state index is 11.3. The van der Waals surface area contributed by atoms with Crippen molar-refractivity contribution in [3.05, 3.63) is 35.4 Å². The first kappa shape index (κ1) is 15.7. The van der Waals surface area contributed by atoms with Gasteiger partial charge in [-0.2, -0.15) is 0 Å². The number of methoxy groups -OCH3 is 2. The summed E-state index contributed by atoms with van der Waals surface area (Å²) in [6, 6.07) is 3.98. The van der Waals surface area contributed by atoms with Crippen LogP contribution in [-0.4, -0.2) is 37.3 Å². The predicted molar refractivity (Wildman–Crippen MR) is 72.9 cm³/mol. The fourth-order valence-electron chi connectivity index (χ4n) is 1.58. The summed E-state index contributed by atoms with van der Waals surface area (Å²) in [5.41, 5.74) is 6.84. The van der Waals surface area contributed by atoms with Crippen molar-refractivity contribution in [3.8, 4) is 5.75 Å². The van der Waals surface area contributed by atoms with E-state index in [4.69, 9.17) is 5.73 Å². The first-order valence-electron chi connectivity index (χ1n) is 5.89. The van der Waals surface area contributed by atoms with Crippen LogP contribution in [0.15, 0.2) is 24.3 Å². The molecule has 20 heavy (non-hydrogen) atoms. The van der Waals surface area contributed by atoms with Gasteiger partial charge in [0.1, 0.15) is 11.8 Å². The Kier molecular flexibility index (Phi) is 5.74. The van der Waals surface area contributed by atoms with Crippen LogP contribution >= 0.6 is 0 Å². The summed E-state index contributed by atoms with van der Waals surface area (Å²) in [6.07, 6.45) is 2.89. The van der Waals surface area contributed by atoms with E-state index in [1.807, 2.05) is 0 Å². The average Bonchev–Trinajstić information content (AvgIpc) is 2.46. The molecule has 0 radical (unpaired) electrons. The summed E-state index contributed by atoms with van der Waals surface area (Å²) in [5, 5.41) is 9.68. The molecular weight excluding hydrogens is 262 g/mol. The van der Waals surface area contributed by atoms with E-state index in [1.165, 1.54) is 32.4 Å². The molecule has 0 aliphatic rings. The second kappa shape index (κ2) is 7.30. The number of phenolic OH excluding ortho intramolecular Hbond substituents is 1. The van der Waals surface area contributed by atoms with Gasteiger partial charge in [0.15, 0.2) is 0 Å². The first-order chi connectivity index (χ1) is 9.47. The zero-order valence-electron chi connectivity index (χ0n) is 11.3. The lowest BCUT2D eigenvalue weighted by Gasteiger charge is -2.10. The van der Waals surface area contributed by atoms with Gasteiger partial charge in [-0.15, -0.1) is 0 Å². The molecule has 6 nitrogen and oxygen atoms in total. The van der Waals surface area contributed by atoms with E-state index in [1.54, 1.807) is 12.1 Å². The lowest BCUT2D eigenvalue weighted by molar-refractivity contribution is -0.142. The van der Waals surface area contributed by atoms with Gasteiger partial charge in [-0.05, 0) is 30.2 Å². The summed E-state index contributed by atoms with van der Waals surface area (Å²) in [4.78, 5) is 22.3. The van der Waals surface area contributed by atoms with Crippen LogP contribution in [0, 0.1) is 0 Å². The van der Waals surface area contributed by atoms with Crippen molar-refractivity contribution >= 4 is 18.0 Å². The number of carbonyl (C=O) groups is 2.